The highest BCUT2D eigenvalue weighted by Gasteiger charge is 2.63. The van der Waals surface area contributed by atoms with Crippen molar-refractivity contribution in [3.8, 4) is 0 Å². The first kappa shape index (κ1) is 36.2. The third-order valence-corrected chi connectivity index (χ3v) is 8.86. The molecule has 0 bridgehead atoms. The third kappa shape index (κ3) is 7.92. The molecule has 5 rings (SSSR count). The minimum atomic E-state index is -1.38. The number of carboxylic acid groups (broad SMARTS) is 3. The van der Waals surface area contributed by atoms with Gasteiger partial charge >= 0.3 is 23.9 Å². The number of nitro groups is 1. The lowest BCUT2D eigenvalue weighted by atomic mass is 9.60. The molecule has 0 aliphatic heterocycles. The van der Waals surface area contributed by atoms with Gasteiger partial charge in [0.2, 0.25) is 11.5 Å². The van der Waals surface area contributed by atoms with Crippen LogP contribution >= 0.6 is 11.6 Å². The molecule has 0 radical (unpaired) electrons. The van der Waals surface area contributed by atoms with E-state index in [1.54, 1.807) is 31.2 Å². The molecule has 0 amide bonds. The number of hydrogen-bond acceptors (Lipinski definition) is 10. The van der Waals surface area contributed by atoms with Crippen molar-refractivity contribution in [2.75, 3.05) is 0 Å². The van der Waals surface area contributed by atoms with Crippen molar-refractivity contribution in [2.24, 2.45) is 17.3 Å². The summed E-state index contributed by atoms with van der Waals surface area (Å²) in [6.07, 6.45) is 1.07. The maximum Gasteiger partial charge on any atom is 0.374 e. The van der Waals surface area contributed by atoms with Gasteiger partial charge in [0, 0.05) is 35.9 Å². The van der Waals surface area contributed by atoms with E-state index in [4.69, 9.17) is 25.9 Å². The van der Waals surface area contributed by atoms with Gasteiger partial charge in [0.05, 0.1) is 21.8 Å². The molecular formula is C34H30ClNO13. The van der Waals surface area contributed by atoms with Crippen molar-refractivity contribution in [3.63, 3.8) is 0 Å². The summed E-state index contributed by atoms with van der Waals surface area (Å²) >= 11 is 5.77. The number of ether oxygens (including phenoxy) is 1. The number of furan rings is 1. The topological polar surface area (TPSA) is 229 Å². The number of carbonyl (C=O) groups excluding carboxylic acids is 3. The Labute approximate surface area is 283 Å². The quantitative estimate of drug-likeness (QED) is 0.0748. The molecule has 2 aromatic carbocycles. The van der Waals surface area contributed by atoms with Gasteiger partial charge in [0.25, 0.3) is 5.69 Å². The van der Waals surface area contributed by atoms with E-state index in [9.17, 15) is 49.1 Å². The summed E-state index contributed by atoms with van der Waals surface area (Å²) in [5.41, 5.74) is -0.273. The van der Waals surface area contributed by atoms with Crippen LogP contribution in [0.3, 0.4) is 0 Å². The lowest BCUT2D eigenvalue weighted by Gasteiger charge is -2.42. The molecule has 1 aromatic heterocycles. The van der Waals surface area contributed by atoms with Crippen molar-refractivity contribution >= 4 is 64.4 Å². The van der Waals surface area contributed by atoms with Crippen molar-refractivity contribution < 1.29 is 58.2 Å². The van der Waals surface area contributed by atoms with Gasteiger partial charge in [0.1, 0.15) is 17.7 Å². The van der Waals surface area contributed by atoms with Crippen LogP contribution < -0.4 is 0 Å². The first-order valence-corrected chi connectivity index (χ1v) is 15.3. The summed E-state index contributed by atoms with van der Waals surface area (Å²) in [5, 5.41) is 38.8. The second-order valence-corrected chi connectivity index (χ2v) is 11.9. The number of benzene rings is 2. The van der Waals surface area contributed by atoms with E-state index in [0.717, 1.165) is 6.07 Å². The molecule has 2 aliphatic carbocycles. The Morgan fingerprint density at radius 3 is 2.14 bits per heavy atom. The zero-order valence-corrected chi connectivity index (χ0v) is 26.6. The summed E-state index contributed by atoms with van der Waals surface area (Å²) in [5.74, 6) is -7.61. The van der Waals surface area contributed by atoms with E-state index >= 15 is 0 Å². The van der Waals surface area contributed by atoms with Crippen molar-refractivity contribution in [1.29, 1.82) is 0 Å². The maximum absolute atomic E-state index is 12.8. The smallest absolute Gasteiger partial charge is 0.374 e. The minimum Gasteiger partial charge on any atom is -0.481 e. The van der Waals surface area contributed by atoms with E-state index < -0.39 is 57.9 Å². The first-order chi connectivity index (χ1) is 23.2. The molecule has 3 aromatic rings. The van der Waals surface area contributed by atoms with Crippen LogP contribution in [-0.4, -0.2) is 61.8 Å². The predicted octanol–water partition coefficient (Wildman–Crippen LogP) is 5.82. The number of fused-ring (bicyclic) bond motifs is 1. The van der Waals surface area contributed by atoms with Crippen LogP contribution in [0, 0.1) is 27.4 Å². The SMILES string of the molecule is CCC(=O)C12CC(OC(=O)c3ccc(C(=O)O)o3)CCC1C(=O)CC2C(=O)O.O=C(O)C(=Cc1ccc([N+](=O)[O-])cc1)c1ccc(Cl)cc1. The Morgan fingerprint density at radius 1 is 0.980 bits per heavy atom. The number of esters is 1. The van der Waals surface area contributed by atoms with E-state index in [1.165, 1.54) is 36.4 Å². The Morgan fingerprint density at radius 2 is 1.61 bits per heavy atom. The van der Waals surface area contributed by atoms with Gasteiger partial charge in [0.15, 0.2) is 0 Å². The van der Waals surface area contributed by atoms with Gasteiger partial charge in [-0.05, 0) is 72.9 Å². The molecule has 2 aliphatic rings. The fourth-order valence-corrected chi connectivity index (χ4v) is 6.48. The number of aliphatic carboxylic acids is 2. The number of ketones is 2. The van der Waals surface area contributed by atoms with Gasteiger partial charge in [-0.2, -0.15) is 0 Å². The number of nitrogens with zero attached hydrogens (tertiary/aromatic N) is 1. The van der Waals surface area contributed by atoms with Gasteiger partial charge in [-0.3, -0.25) is 24.5 Å². The summed E-state index contributed by atoms with van der Waals surface area (Å²) in [6, 6.07) is 14.3. The molecule has 2 saturated carbocycles. The molecule has 4 atom stereocenters. The highest BCUT2D eigenvalue weighted by Crippen LogP contribution is 2.55. The van der Waals surface area contributed by atoms with Gasteiger partial charge in [-0.1, -0.05) is 30.7 Å². The Bertz CT molecular complexity index is 1830. The second-order valence-electron chi connectivity index (χ2n) is 11.4. The summed E-state index contributed by atoms with van der Waals surface area (Å²) in [4.78, 5) is 81.5. The molecule has 4 unspecified atom stereocenters. The molecule has 49 heavy (non-hydrogen) atoms. The molecule has 1 heterocycles. The normalized spacial score (nSPS) is 21.5. The molecule has 0 spiro atoms. The molecule has 15 heteroatoms. The first-order valence-electron chi connectivity index (χ1n) is 15.0. The van der Waals surface area contributed by atoms with E-state index in [0.29, 0.717) is 22.6 Å². The fourth-order valence-electron chi connectivity index (χ4n) is 6.36. The molecule has 256 valence electrons. The van der Waals surface area contributed by atoms with Crippen LogP contribution in [-0.2, 0) is 23.9 Å². The number of rotatable bonds is 10. The van der Waals surface area contributed by atoms with E-state index in [1.807, 2.05) is 0 Å². The Balaban J connectivity index is 0.000000230. The zero-order valence-electron chi connectivity index (χ0n) is 25.9. The second kappa shape index (κ2) is 15.1. The minimum absolute atomic E-state index is 0.0458. The van der Waals surface area contributed by atoms with Crippen LogP contribution in [0.1, 0.15) is 71.3 Å². The number of non-ortho nitro benzene ring substituents is 1. The van der Waals surface area contributed by atoms with Crippen molar-refractivity contribution in [2.45, 2.75) is 45.1 Å². The molecule has 14 nitrogen and oxygen atoms in total. The lowest BCUT2D eigenvalue weighted by molar-refractivity contribution is -0.384. The fraction of sp³-hybridized carbons (Fsp3) is 0.294. The average molecular weight is 696 g/mol. The molecule has 2 fully saturated rings. The van der Waals surface area contributed by atoms with Crippen LogP contribution in [0.25, 0.3) is 11.6 Å². The average Bonchev–Trinajstić information content (AvgIpc) is 3.68. The van der Waals surface area contributed by atoms with Crippen LogP contribution in [0.2, 0.25) is 5.02 Å². The largest absolute Gasteiger partial charge is 0.481 e. The number of aromatic carboxylic acids is 1. The van der Waals surface area contributed by atoms with E-state index in [-0.39, 0.29) is 54.3 Å². The summed E-state index contributed by atoms with van der Waals surface area (Å²) in [7, 11) is 0. The molecule has 3 N–H and O–H groups in total. The van der Waals surface area contributed by atoms with Crippen LogP contribution in [0.5, 0.6) is 0 Å². The number of Topliss-reactive ketones (excluding diaryl/α,β-unsaturated/α-hetero) is 2. The third-order valence-electron chi connectivity index (χ3n) is 8.61. The van der Waals surface area contributed by atoms with Gasteiger partial charge in [-0.25, -0.2) is 14.4 Å². The van der Waals surface area contributed by atoms with Crippen molar-refractivity contribution in [3.05, 3.63) is 98.4 Å². The van der Waals surface area contributed by atoms with E-state index in [2.05, 4.69) is 0 Å². The number of carbonyl (C=O) groups is 6. The Hall–Kier alpha value is -5.63. The lowest BCUT2D eigenvalue weighted by Crippen LogP contribution is -2.49. The highest BCUT2D eigenvalue weighted by atomic mass is 35.5. The van der Waals surface area contributed by atoms with Gasteiger partial charge in [-0.15, -0.1) is 0 Å². The van der Waals surface area contributed by atoms with Crippen LogP contribution in [0.15, 0.2) is 65.1 Å². The zero-order chi connectivity index (χ0) is 36.0. The monoisotopic (exact) mass is 695 g/mol. The van der Waals surface area contributed by atoms with Gasteiger partial charge < -0.3 is 24.5 Å². The summed E-state index contributed by atoms with van der Waals surface area (Å²) in [6.45, 7) is 1.61. The maximum atomic E-state index is 12.8. The molecular weight excluding hydrogens is 666 g/mol. The molecule has 0 saturated heterocycles. The van der Waals surface area contributed by atoms with Crippen LogP contribution in [0.4, 0.5) is 5.69 Å². The number of nitro benzene ring substituents is 1. The standard InChI is InChI=1S/C19H20O9.C15H10ClNO4/c1-2-15(21)19-8-9(3-4-10(19)12(20)7-11(19)16(22)23)27-18(26)14-6-5-13(28-14)17(24)25;16-12-5-3-11(4-6-12)14(15(18)19)9-10-1-7-13(8-2-10)17(20)21/h5-6,9-11H,2-4,7-8H2,1H3,(H,22,23)(H,24,25);1-9H,(H,18,19). The Kier molecular flexibility index (Phi) is 11.1. The predicted molar refractivity (Wildman–Crippen MR) is 171 cm³/mol. The summed E-state index contributed by atoms with van der Waals surface area (Å²) < 4.78 is 10.3. The number of hydrogen-bond donors (Lipinski definition) is 3. The van der Waals surface area contributed by atoms with Crippen molar-refractivity contribution in [1.82, 2.24) is 0 Å². The number of carboxylic acids is 3. The highest BCUT2D eigenvalue weighted by molar-refractivity contribution is 6.30. The number of halogens is 1.